The van der Waals surface area contributed by atoms with Crippen molar-refractivity contribution in [1.82, 2.24) is 0 Å². The van der Waals surface area contributed by atoms with Gasteiger partial charge in [0.25, 0.3) is 0 Å². The van der Waals surface area contributed by atoms with E-state index in [1.165, 1.54) is 0 Å². The van der Waals surface area contributed by atoms with Crippen LogP contribution in [0.1, 0.15) is 25.7 Å². The van der Waals surface area contributed by atoms with Crippen LogP contribution in [-0.4, -0.2) is 17.0 Å². The molecule has 4 nitrogen and oxygen atoms in total. The molecule has 0 aliphatic heterocycles. The summed E-state index contributed by atoms with van der Waals surface area (Å²) >= 11 is 0. The van der Waals surface area contributed by atoms with Gasteiger partial charge in [-0.25, -0.2) is 0 Å². The number of amides is 1. The maximum Gasteiger partial charge on any atom is 0.306 e. The minimum atomic E-state index is -0.698. The molecule has 0 unspecified atom stereocenters. The SMILES string of the molecule is O=C(O)C1CC2(C1)CC(C(=O)Nc1cccc(-c3ccccc3)c1)C2. The number of benzene rings is 2. The van der Waals surface area contributed by atoms with Gasteiger partial charge in [0.05, 0.1) is 5.92 Å². The van der Waals surface area contributed by atoms with Gasteiger partial charge in [-0.15, -0.1) is 0 Å². The Morgan fingerprint density at radius 2 is 1.52 bits per heavy atom. The minimum absolute atomic E-state index is 0.00938. The third kappa shape index (κ3) is 3.04. The molecule has 4 heteroatoms. The van der Waals surface area contributed by atoms with E-state index in [-0.39, 0.29) is 23.2 Å². The van der Waals surface area contributed by atoms with Crippen LogP contribution in [0, 0.1) is 17.3 Å². The van der Waals surface area contributed by atoms with Crippen molar-refractivity contribution in [3.05, 3.63) is 54.6 Å². The number of anilines is 1. The first-order valence-electron chi connectivity index (χ1n) is 8.74. The largest absolute Gasteiger partial charge is 0.481 e. The number of hydrogen-bond donors (Lipinski definition) is 2. The van der Waals surface area contributed by atoms with Crippen LogP contribution in [0.2, 0.25) is 0 Å². The van der Waals surface area contributed by atoms with E-state index in [2.05, 4.69) is 5.32 Å². The van der Waals surface area contributed by atoms with E-state index in [1.807, 2.05) is 54.6 Å². The molecule has 2 aromatic rings. The van der Waals surface area contributed by atoms with E-state index in [4.69, 9.17) is 5.11 Å². The van der Waals surface area contributed by atoms with Gasteiger partial charge in [-0.05, 0) is 54.4 Å². The Morgan fingerprint density at radius 3 is 2.20 bits per heavy atom. The molecule has 0 saturated heterocycles. The fraction of sp³-hybridized carbons (Fsp3) is 0.333. The first-order chi connectivity index (χ1) is 12.0. The molecule has 1 spiro atoms. The van der Waals surface area contributed by atoms with Crippen LogP contribution in [0.3, 0.4) is 0 Å². The van der Waals surface area contributed by atoms with Crippen molar-refractivity contribution in [2.45, 2.75) is 25.7 Å². The first kappa shape index (κ1) is 15.9. The van der Waals surface area contributed by atoms with Crippen LogP contribution < -0.4 is 5.32 Å². The van der Waals surface area contributed by atoms with Crippen molar-refractivity contribution in [3.8, 4) is 11.1 Å². The minimum Gasteiger partial charge on any atom is -0.481 e. The molecule has 25 heavy (non-hydrogen) atoms. The number of hydrogen-bond acceptors (Lipinski definition) is 2. The molecule has 4 rings (SSSR count). The Hall–Kier alpha value is -2.62. The quantitative estimate of drug-likeness (QED) is 0.881. The molecular formula is C21H21NO3. The van der Waals surface area contributed by atoms with Crippen molar-refractivity contribution >= 4 is 17.6 Å². The number of aliphatic carboxylic acids is 1. The second kappa shape index (κ2) is 6.03. The van der Waals surface area contributed by atoms with E-state index >= 15 is 0 Å². The summed E-state index contributed by atoms with van der Waals surface area (Å²) in [6.45, 7) is 0. The molecule has 0 aromatic heterocycles. The highest BCUT2D eigenvalue weighted by Crippen LogP contribution is 2.61. The molecule has 0 heterocycles. The number of carbonyl (C=O) groups is 2. The van der Waals surface area contributed by atoms with Crippen LogP contribution in [0.4, 0.5) is 5.69 Å². The lowest BCUT2D eigenvalue weighted by atomic mass is 9.48. The zero-order valence-electron chi connectivity index (χ0n) is 13.9. The summed E-state index contributed by atoms with van der Waals surface area (Å²) in [5, 5.41) is 12.0. The monoisotopic (exact) mass is 335 g/mol. The Balaban J connectivity index is 1.36. The summed E-state index contributed by atoms with van der Waals surface area (Å²) in [6.07, 6.45) is 3.10. The molecule has 0 atom stereocenters. The molecule has 2 fully saturated rings. The molecule has 0 bridgehead atoms. The fourth-order valence-corrected chi connectivity index (χ4v) is 4.32. The number of carboxylic acids is 1. The second-order valence-electron chi connectivity index (χ2n) is 7.48. The van der Waals surface area contributed by atoms with E-state index in [1.54, 1.807) is 0 Å². The van der Waals surface area contributed by atoms with E-state index < -0.39 is 5.97 Å². The summed E-state index contributed by atoms with van der Waals surface area (Å²) in [4.78, 5) is 23.4. The molecule has 0 radical (unpaired) electrons. The fourth-order valence-electron chi connectivity index (χ4n) is 4.32. The van der Waals surface area contributed by atoms with Crippen LogP contribution in [-0.2, 0) is 9.59 Å². The van der Waals surface area contributed by atoms with Gasteiger partial charge in [0.15, 0.2) is 0 Å². The second-order valence-corrected chi connectivity index (χ2v) is 7.48. The summed E-state index contributed by atoms with van der Waals surface area (Å²) in [5.41, 5.74) is 3.13. The van der Waals surface area contributed by atoms with E-state index in [0.717, 1.165) is 42.5 Å². The lowest BCUT2D eigenvalue weighted by Gasteiger charge is -2.56. The standard InChI is InChI=1S/C21H21NO3/c23-19(16-10-21(11-16)12-17(13-21)20(24)25)22-18-8-4-7-15(9-18)14-5-2-1-3-6-14/h1-9,16-17H,10-13H2,(H,22,23)(H,24,25). The van der Waals surface area contributed by atoms with Crippen LogP contribution in [0.5, 0.6) is 0 Å². The smallest absolute Gasteiger partial charge is 0.306 e. The average molecular weight is 335 g/mol. The van der Waals surface area contributed by atoms with E-state index in [9.17, 15) is 9.59 Å². The summed E-state index contributed by atoms with van der Waals surface area (Å²) in [5.74, 6) is -0.840. The summed E-state index contributed by atoms with van der Waals surface area (Å²) in [6, 6.07) is 17.9. The van der Waals surface area contributed by atoms with Crippen LogP contribution >= 0.6 is 0 Å². The zero-order chi connectivity index (χ0) is 17.4. The highest BCUT2D eigenvalue weighted by atomic mass is 16.4. The molecule has 2 N–H and O–H groups in total. The van der Waals surface area contributed by atoms with Gasteiger partial charge < -0.3 is 10.4 Å². The highest BCUT2D eigenvalue weighted by molar-refractivity contribution is 5.94. The normalized spacial score (nSPS) is 27.2. The predicted octanol–water partition coefficient (Wildman–Crippen LogP) is 4.18. The summed E-state index contributed by atoms with van der Waals surface area (Å²) < 4.78 is 0. The topological polar surface area (TPSA) is 66.4 Å². The van der Waals surface area contributed by atoms with Gasteiger partial charge in [0.1, 0.15) is 0 Å². The average Bonchev–Trinajstić information content (AvgIpc) is 2.53. The molecule has 128 valence electrons. The molecular weight excluding hydrogens is 314 g/mol. The predicted molar refractivity (Wildman–Crippen MR) is 96.0 cm³/mol. The maximum absolute atomic E-state index is 12.5. The molecule has 2 aromatic carbocycles. The number of carbonyl (C=O) groups excluding carboxylic acids is 1. The van der Waals surface area contributed by atoms with Gasteiger partial charge in [0.2, 0.25) is 5.91 Å². The van der Waals surface area contributed by atoms with Gasteiger partial charge in [-0.3, -0.25) is 9.59 Å². The van der Waals surface area contributed by atoms with Gasteiger partial charge in [0, 0.05) is 11.6 Å². The number of carboxylic acid groups (broad SMARTS) is 1. The Bertz CT molecular complexity index is 801. The van der Waals surface area contributed by atoms with Gasteiger partial charge in [-0.1, -0.05) is 42.5 Å². The van der Waals surface area contributed by atoms with Crippen molar-refractivity contribution in [2.24, 2.45) is 17.3 Å². The highest BCUT2D eigenvalue weighted by Gasteiger charge is 2.56. The zero-order valence-corrected chi connectivity index (χ0v) is 13.9. The number of rotatable bonds is 4. The van der Waals surface area contributed by atoms with Gasteiger partial charge in [-0.2, -0.15) is 0 Å². The van der Waals surface area contributed by atoms with Crippen LogP contribution in [0.25, 0.3) is 11.1 Å². The summed E-state index contributed by atoms with van der Waals surface area (Å²) in [7, 11) is 0. The molecule has 2 aliphatic carbocycles. The lowest BCUT2D eigenvalue weighted by molar-refractivity contribution is -0.159. The maximum atomic E-state index is 12.5. The van der Waals surface area contributed by atoms with Gasteiger partial charge >= 0.3 is 5.97 Å². The molecule has 2 aliphatic rings. The van der Waals surface area contributed by atoms with Crippen LogP contribution in [0.15, 0.2) is 54.6 Å². The third-order valence-electron chi connectivity index (χ3n) is 5.67. The van der Waals surface area contributed by atoms with Crippen molar-refractivity contribution < 1.29 is 14.7 Å². The van der Waals surface area contributed by atoms with Crippen molar-refractivity contribution in [3.63, 3.8) is 0 Å². The Kier molecular flexibility index (Phi) is 3.83. The third-order valence-corrected chi connectivity index (χ3v) is 5.67. The first-order valence-corrected chi connectivity index (χ1v) is 8.74. The molecule has 2 saturated carbocycles. The van der Waals surface area contributed by atoms with Crippen molar-refractivity contribution in [1.29, 1.82) is 0 Å². The van der Waals surface area contributed by atoms with Crippen molar-refractivity contribution in [2.75, 3.05) is 5.32 Å². The van der Waals surface area contributed by atoms with E-state index in [0.29, 0.717) is 0 Å². The Labute approximate surface area is 146 Å². The Morgan fingerprint density at radius 1 is 0.880 bits per heavy atom. The number of nitrogens with one attached hydrogen (secondary N) is 1. The lowest BCUT2D eigenvalue weighted by Crippen LogP contribution is -2.52. The molecule has 1 amide bonds.